The molecule has 0 spiro atoms. The normalized spacial score (nSPS) is 14.6. The van der Waals surface area contributed by atoms with Crippen LogP contribution in [0.25, 0.3) is 10.2 Å². The molecule has 1 amide bonds. The maximum Gasteiger partial charge on any atom is 0.259 e. The number of carbonyl (C=O) groups is 1. The van der Waals surface area contributed by atoms with Crippen LogP contribution in [0.3, 0.4) is 0 Å². The van der Waals surface area contributed by atoms with Gasteiger partial charge in [-0.05, 0) is 55.9 Å². The van der Waals surface area contributed by atoms with E-state index in [1.165, 1.54) is 16.9 Å². The van der Waals surface area contributed by atoms with E-state index >= 15 is 0 Å². The highest BCUT2D eigenvalue weighted by Gasteiger charge is 2.20. The van der Waals surface area contributed by atoms with Crippen molar-refractivity contribution < 1.29 is 4.79 Å². The fourth-order valence-electron chi connectivity index (χ4n) is 3.80. The molecule has 2 N–H and O–H groups in total. The monoisotopic (exact) mass is 449 g/mol. The summed E-state index contributed by atoms with van der Waals surface area (Å²) in [5.74, 6) is 0.421. The van der Waals surface area contributed by atoms with Crippen molar-refractivity contribution in [3.63, 3.8) is 0 Å². The first kappa shape index (κ1) is 20.4. The van der Waals surface area contributed by atoms with Crippen molar-refractivity contribution in [2.45, 2.75) is 51.5 Å². The minimum Gasteiger partial charge on any atom is -0.350 e. The Morgan fingerprint density at radius 3 is 2.90 bits per heavy atom. The van der Waals surface area contributed by atoms with Gasteiger partial charge in [0, 0.05) is 27.8 Å². The zero-order chi connectivity index (χ0) is 20.5. The van der Waals surface area contributed by atoms with Crippen molar-refractivity contribution in [2.75, 3.05) is 0 Å². The molecule has 29 heavy (non-hydrogen) atoms. The van der Waals surface area contributed by atoms with Crippen LogP contribution in [0.15, 0.2) is 23.0 Å². The third kappa shape index (κ3) is 4.34. The third-order valence-corrected chi connectivity index (χ3v) is 7.02. The van der Waals surface area contributed by atoms with E-state index in [4.69, 9.17) is 23.2 Å². The number of nitrogens with one attached hydrogen (secondary N) is 2. The van der Waals surface area contributed by atoms with Crippen molar-refractivity contribution in [2.24, 2.45) is 0 Å². The van der Waals surface area contributed by atoms with E-state index in [1.807, 2.05) is 6.92 Å². The third-order valence-electron chi connectivity index (χ3n) is 5.27. The molecule has 3 aromatic rings. The van der Waals surface area contributed by atoms with E-state index in [1.54, 1.807) is 29.5 Å². The highest BCUT2D eigenvalue weighted by atomic mass is 35.5. The molecule has 1 aliphatic rings. The van der Waals surface area contributed by atoms with E-state index in [2.05, 4.69) is 15.3 Å². The number of thiophene rings is 1. The van der Waals surface area contributed by atoms with E-state index < -0.39 is 0 Å². The van der Waals surface area contributed by atoms with Crippen molar-refractivity contribution in [3.05, 3.63) is 60.4 Å². The Morgan fingerprint density at radius 1 is 1.31 bits per heavy atom. The van der Waals surface area contributed by atoms with Crippen molar-refractivity contribution >= 4 is 50.7 Å². The van der Waals surface area contributed by atoms with Gasteiger partial charge >= 0.3 is 0 Å². The molecule has 4 rings (SSSR count). The van der Waals surface area contributed by atoms with E-state index in [0.29, 0.717) is 22.3 Å². The number of aromatic nitrogens is 2. The fraction of sp³-hybridized carbons (Fsp3) is 0.381. The quantitative estimate of drug-likeness (QED) is 0.576. The maximum absolute atomic E-state index is 12.6. The van der Waals surface area contributed by atoms with E-state index in [-0.39, 0.29) is 23.9 Å². The highest BCUT2D eigenvalue weighted by molar-refractivity contribution is 7.18. The van der Waals surface area contributed by atoms with Crippen LogP contribution in [-0.2, 0) is 24.1 Å². The summed E-state index contributed by atoms with van der Waals surface area (Å²) in [7, 11) is 0. The van der Waals surface area contributed by atoms with Gasteiger partial charge in [0.25, 0.3) is 5.56 Å². The summed E-state index contributed by atoms with van der Waals surface area (Å²) >= 11 is 13.8. The molecule has 5 nitrogen and oxygen atoms in total. The molecular formula is C21H21Cl2N3O2S. The number of nitrogens with zero attached hydrogens (tertiary/aromatic N) is 1. The van der Waals surface area contributed by atoms with Crippen LogP contribution in [0.5, 0.6) is 0 Å². The zero-order valence-corrected chi connectivity index (χ0v) is 18.3. The molecule has 152 valence electrons. The van der Waals surface area contributed by atoms with Gasteiger partial charge in [-0.15, -0.1) is 11.3 Å². The molecule has 1 unspecified atom stereocenters. The fourth-order valence-corrected chi connectivity index (χ4v) is 5.66. The van der Waals surface area contributed by atoms with Gasteiger partial charge in [-0.1, -0.05) is 29.3 Å². The molecule has 0 bridgehead atoms. The van der Waals surface area contributed by atoms with Gasteiger partial charge in [0.05, 0.1) is 11.4 Å². The second-order valence-corrected chi connectivity index (χ2v) is 9.29. The molecule has 2 heterocycles. The molecule has 8 heteroatoms. The minimum absolute atomic E-state index is 0.0916. The Labute approximate surface area is 182 Å². The SMILES string of the molecule is CC(NC(=O)CCc1nc2sc3c(c2c(=O)[nH]1)CCCC3)c1ccc(Cl)cc1Cl. The number of H-pyrrole nitrogens is 1. The minimum atomic E-state index is -0.245. The molecular weight excluding hydrogens is 429 g/mol. The number of carbonyl (C=O) groups excluding carboxylic acids is 1. The molecule has 0 aliphatic heterocycles. The summed E-state index contributed by atoms with van der Waals surface area (Å²) < 4.78 is 0. The van der Waals surface area contributed by atoms with Gasteiger partial charge in [0.15, 0.2) is 0 Å². The Bertz CT molecular complexity index is 1140. The van der Waals surface area contributed by atoms with Crippen LogP contribution in [0.1, 0.15) is 54.1 Å². The van der Waals surface area contributed by atoms with Crippen molar-refractivity contribution in [1.29, 1.82) is 0 Å². The standard InChI is InChI=1S/C21H21Cl2N3O2S/c1-11(13-7-6-12(22)10-15(13)23)24-18(27)9-8-17-25-20(28)19-14-4-2-3-5-16(14)29-21(19)26-17/h6-7,10-11H,2-5,8-9H2,1H3,(H,24,27)(H,25,26,28). The second kappa shape index (κ2) is 8.46. The van der Waals surface area contributed by atoms with Gasteiger partial charge < -0.3 is 10.3 Å². The van der Waals surface area contributed by atoms with Crippen molar-refractivity contribution in [1.82, 2.24) is 15.3 Å². The first-order valence-corrected chi connectivity index (χ1v) is 11.3. The van der Waals surface area contributed by atoms with Gasteiger partial charge in [-0.3, -0.25) is 9.59 Å². The summed E-state index contributed by atoms with van der Waals surface area (Å²) in [6.07, 6.45) is 4.87. The largest absolute Gasteiger partial charge is 0.350 e. The number of aryl methyl sites for hydroxylation is 3. The first-order chi connectivity index (χ1) is 13.9. The molecule has 1 atom stereocenters. The predicted octanol–water partition coefficient (Wildman–Crippen LogP) is 4.98. The summed E-state index contributed by atoms with van der Waals surface area (Å²) in [6.45, 7) is 1.87. The zero-order valence-electron chi connectivity index (χ0n) is 16.0. The Morgan fingerprint density at radius 2 is 2.10 bits per heavy atom. The van der Waals surface area contributed by atoms with Crippen molar-refractivity contribution in [3.8, 4) is 0 Å². The Balaban J connectivity index is 1.44. The van der Waals surface area contributed by atoms with E-state index in [9.17, 15) is 9.59 Å². The van der Waals surface area contributed by atoms with Gasteiger partial charge in [0.2, 0.25) is 5.91 Å². The lowest BCUT2D eigenvalue weighted by atomic mass is 9.97. The summed E-state index contributed by atoms with van der Waals surface area (Å²) in [5.41, 5.74) is 1.88. The Kier molecular flexibility index (Phi) is 5.95. The number of benzene rings is 1. The number of hydrogen-bond acceptors (Lipinski definition) is 4. The topological polar surface area (TPSA) is 74.8 Å². The van der Waals surface area contributed by atoms with Gasteiger partial charge in [0.1, 0.15) is 10.7 Å². The molecule has 0 radical (unpaired) electrons. The summed E-state index contributed by atoms with van der Waals surface area (Å²) in [4.78, 5) is 34.5. The second-order valence-electron chi connectivity index (χ2n) is 7.36. The number of hydrogen-bond donors (Lipinski definition) is 2. The molecule has 0 saturated carbocycles. The Hall–Kier alpha value is -1.89. The first-order valence-electron chi connectivity index (χ1n) is 9.70. The summed E-state index contributed by atoms with van der Waals surface area (Å²) in [5, 5.41) is 4.75. The molecule has 1 aromatic carbocycles. The number of amides is 1. The van der Waals surface area contributed by atoms with Crippen LogP contribution in [0.4, 0.5) is 0 Å². The lowest BCUT2D eigenvalue weighted by Crippen LogP contribution is -2.27. The van der Waals surface area contributed by atoms with E-state index in [0.717, 1.165) is 35.0 Å². The lowest BCUT2D eigenvalue weighted by molar-refractivity contribution is -0.121. The molecule has 1 aliphatic carbocycles. The number of halogens is 2. The maximum atomic E-state index is 12.6. The molecule has 2 aromatic heterocycles. The smallest absolute Gasteiger partial charge is 0.259 e. The predicted molar refractivity (Wildman–Crippen MR) is 118 cm³/mol. The number of aromatic amines is 1. The van der Waals surface area contributed by atoms with Gasteiger partial charge in [-0.25, -0.2) is 4.98 Å². The van der Waals surface area contributed by atoms with Crippen LogP contribution >= 0.6 is 34.5 Å². The van der Waals surface area contributed by atoms with Gasteiger partial charge in [-0.2, -0.15) is 0 Å². The highest BCUT2D eigenvalue weighted by Crippen LogP contribution is 2.33. The van der Waals surface area contributed by atoms with Crippen LogP contribution < -0.4 is 10.9 Å². The number of rotatable bonds is 5. The average molecular weight is 450 g/mol. The van der Waals surface area contributed by atoms with Crippen LogP contribution in [-0.4, -0.2) is 15.9 Å². The van der Waals surface area contributed by atoms with Crippen LogP contribution in [0.2, 0.25) is 10.0 Å². The van der Waals surface area contributed by atoms with Crippen LogP contribution in [0, 0.1) is 0 Å². The average Bonchev–Trinajstić information content (AvgIpc) is 3.05. The number of fused-ring (bicyclic) bond motifs is 3. The summed E-state index contributed by atoms with van der Waals surface area (Å²) in [6, 6.07) is 4.97. The lowest BCUT2D eigenvalue weighted by Gasteiger charge is -2.16. The molecule has 0 saturated heterocycles. The molecule has 0 fully saturated rings.